The lowest BCUT2D eigenvalue weighted by atomic mass is 10.2. The molecule has 6 nitrogen and oxygen atoms in total. The monoisotopic (exact) mass is 380 g/mol. The highest BCUT2D eigenvalue weighted by molar-refractivity contribution is 8.00. The van der Waals surface area contributed by atoms with Crippen LogP contribution in [0.15, 0.2) is 17.3 Å². The van der Waals surface area contributed by atoms with Crippen molar-refractivity contribution in [3.63, 3.8) is 0 Å². The van der Waals surface area contributed by atoms with Gasteiger partial charge in [-0.3, -0.25) is 4.79 Å². The fraction of sp³-hybridized carbons (Fsp3) is 0.471. The Labute approximate surface area is 156 Å². The molecule has 1 atom stereocenters. The van der Waals surface area contributed by atoms with E-state index in [-0.39, 0.29) is 11.2 Å². The minimum Gasteiger partial charge on any atom is -0.495 e. The maximum atomic E-state index is 12.6. The van der Waals surface area contributed by atoms with Gasteiger partial charge in [0.15, 0.2) is 5.16 Å². The number of nitrogens with zero attached hydrogens (tertiary/aromatic N) is 3. The van der Waals surface area contributed by atoms with E-state index in [1.807, 2.05) is 31.5 Å². The molecular weight excluding hydrogens is 360 g/mol. The Bertz CT molecular complexity index is 804. The number of nitrogens with one attached hydrogen (secondary N) is 1. The fourth-order valence-corrected chi connectivity index (χ4v) is 3.48. The smallest absolute Gasteiger partial charge is 0.237 e. The summed E-state index contributed by atoms with van der Waals surface area (Å²) in [5.41, 5.74) is 1.49. The molecule has 0 spiro atoms. The van der Waals surface area contributed by atoms with Crippen LogP contribution in [0.2, 0.25) is 5.02 Å². The highest BCUT2D eigenvalue weighted by atomic mass is 35.5. The number of hydrogen-bond acceptors (Lipinski definition) is 5. The number of amides is 1. The van der Waals surface area contributed by atoms with Crippen LogP contribution in [-0.4, -0.2) is 33.0 Å². The normalized spacial score (nSPS) is 15.1. The second-order valence-corrected chi connectivity index (χ2v) is 7.94. The van der Waals surface area contributed by atoms with Crippen molar-refractivity contribution in [2.75, 3.05) is 12.4 Å². The van der Waals surface area contributed by atoms with Gasteiger partial charge in [0.2, 0.25) is 5.91 Å². The van der Waals surface area contributed by atoms with E-state index in [0.29, 0.717) is 22.4 Å². The number of hydrogen-bond donors (Lipinski definition) is 1. The predicted octanol–water partition coefficient (Wildman–Crippen LogP) is 3.78. The SMILES string of the molecule is COc1cc(Cl)c(C)cc1NC(=O)[C@H](C)Sc1nnc(C2CC2)n1C. The molecule has 1 fully saturated rings. The lowest BCUT2D eigenvalue weighted by molar-refractivity contribution is -0.115. The molecule has 1 aliphatic carbocycles. The second kappa shape index (κ2) is 7.25. The highest BCUT2D eigenvalue weighted by Crippen LogP contribution is 2.40. The van der Waals surface area contributed by atoms with Gasteiger partial charge in [-0.15, -0.1) is 10.2 Å². The summed E-state index contributed by atoms with van der Waals surface area (Å²) in [6, 6.07) is 3.51. The third kappa shape index (κ3) is 3.93. The van der Waals surface area contributed by atoms with Crippen LogP contribution in [0.4, 0.5) is 5.69 Å². The Morgan fingerprint density at radius 3 is 2.80 bits per heavy atom. The maximum Gasteiger partial charge on any atom is 0.237 e. The molecule has 1 saturated carbocycles. The van der Waals surface area contributed by atoms with Gasteiger partial charge in [0, 0.05) is 24.1 Å². The van der Waals surface area contributed by atoms with Gasteiger partial charge in [0.1, 0.15) is 11.6 Å². The molecule has 1 aromatic carbocycles. The minimum absolute atomic E-state index is 0.124. The molecule has 0 aliphatic heterocycles. The molecule has 134 valence electrons. The third-order valence-electron chi connectivity index (χ3n) is 4.20. The molecular formula is C17H21ClN4O2S. The van der Waals surface area contributed by atoms with Gasteiger partial charge in [0.25, 0.3) is 0 Å². The molecule has 25 heavy (non-hydrogen) atoms. The van der Waals surface area contributed by atoms with Crippen molar-refractivity contribution in [3.05, 3.63) is 28.5 Å². The van der Waals surface area contributed by atoms with Crippen LogP contribution in [0.1, 0.15) is 37.1 Å². The summed E-state index contributed by atoms with van der Waals surface area (Å²) < 4.78 is 7.29. The van der Waals surface area contributed by atoms with Crippen LogP contribution in [0.3, 0.4) is 0 Å². The Kier molecular flexibility index (Phi) is 5.24. The molecule has 8 heteroatoms. The first-order valence-electron chi connectivity index (χ1n) is 8.11. The van der Waals surface area contributed by atoms with E-state index in [1.54, 1.807) is 13.2 Å². The summed E-state index contributed by atoms with van der Waals surface area (Å²) in [7, 11) is 3.50. The van der Waals surface area contributed by atoms with Gasteiger partial charge >= 0.3 is 0 Å². The molecule has 1 heterocycles. The van der Waals surface area contributed by atoms with Crippen molar-refractivity contribution in [3.8, 4) is 5.75 Å². The van der Waals surface area contributed by atoms with E-state index in [0.717, 1.165) is 16.5 Å². The summed E-state index contributed by atoms with van der Waals surface area (Å²) >= 11 is 7.50. The number of aromatic nitrogens is 3. The predicted molar refractivity (Wildman–Crippen MR) is 99.7 cm³/mol. The largest absolute Gasteiger partial charge is 0.495 e. The second-order valence-electron chi connectivity index (χ2n) is 6.23. The zero-order chi connectivity index (χ0) is 18.1. The summed E-state index contributed by atoms with van der Waals surface area (Å²) in [5.74, 6) is 1.94. The van der Waals surface area contributed by atoms with Gasteiger partial charge in [0.05, 0.1) is 18.0 Å². The number of anilines is 1. The molecule has 0 bridgehead atoms. The zero-order valence-corrected chi connectivity index (χ0v) is 16.2. The van der Waals surface area contributed by atoms with Crippen LogP contribution < -0.4 is 10.1 Å². The number of aryl methyl sites for hydroxylation is 1. The zero-order valence-electron chi connectivity index (χ0n) is 14.7. The molecule has 1 N–H and O–H groups in total. The number of carbonyl (C=O) groups excluding carboxylic acids is 1. The Morgan fingerprint density at radius 1 is 1.44 bits per heavy atom. The number of methoxy groups -OCH3 is 1. The highest BCUT2D eigenvalue weighted by Gasteiger charge is 2.30. The first-order chi connectivity index (χ1) is 11.9. The van der Waals surface area contributed by atoms with E-state index in [2.05, 4.69) is 15.5 Å². The number of halogens is 1. The van der Waals surface area contributed by atoms with E-state index in [4.69, 9.17) is 16.3 Å². The number of benzene rings is 1. The third-order valence-corrected chi connectivity index (χ3v) is 5.74. The Hall–Kier alpha value is -1.73. The van der Waals surface area contributed by atoms with Gasteiger partial charge in [-0.25, -0.2) is 0 Å². The number of carbonyl (C=O) groups is 1. The van der Waals surface area contributed by atoms with Crippen LogP contribution in [0.5, 0.6) is 5.75 Å². The molecule has 1 aliphatic rings. The lowest BCUT2D eigenvalue weighted by Gasteiger charge is -2.15. The molecule has 0 radical (unpaired) electrons. The van der Waals surface area contributed by atoms with Gasteiger partial charge in [-0.1, -0.05) is 23.4 Å². The van der Waals surface area contributed by atoms with Gasteiger partial charge in [-0.2, -0.15) is 0 Å². The first-order valence-corrected chi connectivity index (χ1v) is 9.37. The molecule has 2 aromatic rings. The first kappa shape index (κ1) is 18.1. The number of rotatable bonds is 6. The number of thioether (sulfide) groups is 1. The molecule has 0 unspecified atom stereocenters. The van der Waals surface area contributed by atoms with E-state index in [9.17, 15) is 4.79 Å². The van der Waals surface area contributed by atoms with Crippen LogP contribution in [-0.2, 0) is 11.8 Å². The van der Waals surface area contributed by atoms with Crippen molar-refractivity contribution in [1.82, 2.24) is 14.8 Å². The summed E-state index contributed by atoms with van der Waals surface area (Å²) in [6.07, 6.45) is 2.34. The van der Waals surface area contributed by atoms with E-state index in [1.165, 1.54) is 24.6 Å². The van der Waals surface area contributed by atoms with E-state index < -0.39 is 0 Å². The molecule has 1 amide bonds. The summed E-state index contributed by atoms with van der Waals surface area (Å²) in [4.78, 5) is 12.6. The van der Waals surface area contributed by atoms with Gasteiger partial charge < -0.3 is 14.6 Å². The molecule has 3 rings (SSSR count). The quantitative estimate of drug-likeness (QED) is 0.772. The van der Waals surface area contributed by atoms with Crippen LogP contribution >= 0.6 is 23.4 Å². The van der Waals surface area contributed by atoms with E-state index >= 15 is 0 Å². The Balaban J connectivity index is 1.70. The average molecular weight is 381 g/mol. The standard InChI is InChI=1S/C17H21ClN4O2S/c1-9-7-13(14(24-4)8-12(9)18)19-16(23)10(2)25-17-21-20-15(22(17)3)11-5-6-11/h7-8,10-11H,5-6H2,1-4H3,(H,19,23)/t10-/m0/s1. The van der Waals surface area contributed by atoms with Crippen molar-refractivity contribution in [2.45, 2.75) is 43.0 Å². The molecule has 0 saturated heterocycles. The lowest BCUT2D eigenvalue weighted by Crippen LogP contribution is -2.23. The van der Waals surface area contributed by atoms with Crippen LogP contribution in [0, 0.1) is 6.92 Å². The topological polar surface area (TPSA) is 69.0 Å². The van der Waals surface area contributed by atoms with Gasteiger partial charge in [-0.05, 0) is 38.3 Å². The maximum absolute atomic E-state index is 12.6. The number of ether oxygens (including phenoxy) is 1. The van der Waals surface area contributed by atoms with Crippen molar-refractivity contribution >= 4 is 35.0 Å². The van der Waals surface area contributed by atoms with Crippen molar-refractivity contribution < 1.29 is 9.53 Å². The van der Waals surface area contributed by atoms with Crippen LogP contribution in [0.25, 0.3) is 0 Å². The summed E-state index contributed by atoms with van der Waals surface area (Å²) in [5, 5.41) is 12.4. The summed E-state index contributed by atoms with van der Waals surface area (Å²) in [6.45, 7) is 3.73. The van der Waals surface area contributed by atoms with Crippen molar-refractivity contribution in [2.24, 2.45) is 7.05 Å². The Morgan fingerprint density at radius 2 is 2.16 bits per heavy atom. The van der Waals surface area contributed by atoms with Crippen molar-refractivity contribution in [1.29, 1.82) is 0 Å². The fourth-order valence-electron chi connectivity index (χ4n) is 2.50. The minimum atomic E-state index is -0.323. The average Bonchev–Trinajstić information content (AvgIpc) is 3.36. The molecule has 1 aromatic heterocycles.